The molecule has 0 saturated carbocycles. The van der Waals surface area contributed by atoms with Gasteiger partial charge in [-0.05, 0) is 38.1 Å². The minimum atomic E-state index is -0.227. The van der Waals surface area contributed by atoms with E-state index in [-0.39, 0.29) is 5.91 Å². The molecule has 0 aliphatic heterocycles. The molecule has 7 heteroatoms. The fraction of sp³-hybridized carbons (Fsp3) is 0.214. The summed E-state index contributed by atoms with van der Waals surface area (Å²) < 4.78 is 6.93. The van der Waals surface area contributed by atoms with E-state index in [1.54, 1.807) is 29.1 Å². The number of aromatic nitrogens is 3. The van der Waals surface area contributed by atoms with Crippen molar-refractivity contribution in [3.8, 4) is 5.75 Å². The molecule has 1 amide bonds. The highest BCUT2D eigenvalue weighted by molar-refractivity contribution is 7.14. The molecule has 1 N–H and O–H groups in total. The number of benzene rings is 1. The molecule has 0 aliphatic rings. The predicted octanol–water partition coefficient (Wildman–Crippen LogP) is 2.75. The minimum absolute atomic E-state index is 0.227. The lowest BCUT2D eigenvalue weighted by molar-refractivity contribution is 0.102. The molecular weight excluding hydrogens is 288 g/mol. The van der Waals surface area contributed by atoms with Crippen LogP contribution in [0.15, 0.2) is 29.8 Å². The topological polar surface area (TPSA) is 68.5 Å². The highest BCUT2D eigenvalue weighted by atomic mass is 32.1. The molecular formula is C14H14N4O2S. The summed E-state index contributed by atoms with van der Waals surface area (Å²) in [4.78, 5) is 17.4. The van der Waals surface area contributed by atoms with E-state index in [1.807, 2.05) is 19.1 Å². The molecule has 6 nitrogen and oxygen atoms in total. The van der Waals surface area contributed by atoms with E-state index < -0.39 is 0 Å². The summed E-state index contributed by atoms with van der Waals surface area (Å²) in [6.07, 6.45) is 0. The molecule has 0 fully saturated rings. The average molecular weight is 302 g/mol. The van der Waals surface area contributed by atoms with Crippen LogP contribution in [0.25, 0.3) is 4.96 Å². The van der Waals surface area contributed by atoms with Gasteiger partial charge in [-0.1, -0.05) is 11.3 Å². The van der Waals surface area contributed by atoms with Gasteiger partial charge in [0.05, 0.1) is 12.3 Å². The number of carbonyl (C=O) groups excluding carboxylic acids is 1. The molecule has 0 unspecified atom stereocenters. The second kappa shape index (κ2) is 5.53. The van der Waals surface area contributed by atoms with Gasteiger partial charge in [-0.15, -0.1) is 0 Å². The maximum atomic E-state index is 12.4. The van der Waals surface area contributed by atoms with Gasteiger partial charge in [0.2, 0.25) is 4.96 Å². The third kappa shape index (κ3) is 2.59. The normalized spacial score (nSPS) is 10.8. The first-order valence-corrected chi connectivity index (χ1v) is 7.40. The first-order chi connectivity index (χ1) is 10.2. The van der Waals surface area contributed by atoms with E-state index in [4.69, 9.17) is 4.74 Å². The van der Waals surface area contributed by atoms with Crippen molar-refractivity contribution in [1.82, 2.24) is 14.6 Å². The first kappa shape index (κ1) is 13.6. The van der Waals surface area contributed by atoms with Crippen LogP contribution in [0.3, 0.4) is 0 Å². The van der Waals surface area contributed by atoms with Gasteiger partial charge in [0, 0.05) is 5.69 Å². The molecule has 0 radical (unpaired) electrons. The van der Waals surface area contributed by atoms with E-state index in [1.165, 1.54) is 11.3 Å². The van der Waals surface area contributed by atoms with Crippen LogP contribution < -0.4 is 10.1 Å². The molecule has 2 heterocycles. The first-order valence-electron chi connectivity index (χ1n) is 6.52. The fourth-order valence-electron chi connectivity index (χ4n) is 2.05. The Morgan fingerprint density at radius 3 is 2.86 bits per heavy atom. The summed E-state index contributed by atoms with van der Waals surface area (Å²) in [5, 5.41) is 6.98. The van der Waals surface area contributed by atoms with Gasteiger partial charge in [0.25, 0.3) is 5.91 Å². The third-order valence-electron chi connectivity index (χ3n) is 2.96. The largest absolute Gasteiger partial charge is 0.494 e. The van der Waals surface area contributed by atoms with E-state index >= 15 is 0 Å². The molecule has 0 aliphatic carbocycles. The quantitative estimate of drug-likeness (QED) is 0.804. The van der Waals surface area contributed by atoms with Crippen LogP contribution in [0.1, 0.15) is 23.1 Å². The zero-order valence-electron chi connectivity index (χ0n) is 11.7. The number of fused-ring (bicyclic) bond motifs is 1. The SMILES string of the molecule is CCOc1ccc(NC(=O)c2c(C)nc3scnn23)cc1. The van der Waals surface area contributed by atoms with Crippen molar-refractivity contribution < 1.29 is 9.53 Å². The van der Waals surface area contributed by atoms with E-state index in [0.717, 1.165) is 5.75 Å². The molecule has 3 rings (SSSR count). The second-order valence-corrected chi connectivity index (χ2v) is 5.20. The monoisotopic (exact) mass is 302 g/mol. The molecule has 2 aromatic heterocycles. The molecule has 0 spiro atoms. The Labute approximate surface area is 125 Å². The Morgan fingerprint density at radius 2 is 2.14 bits per heavy atom. The van der Waals surface area contributed by atoms with Crippen molar-refractivity contribution in [2.24, 2.45) is 0 Å². The summed E-state index contributed by atoms with van der Waals surface area (Å²) in [6.45, 7) is 4.34. The van der Waals surface area contributed by atoms with Gasteiger partial charge in [0.15, 0.2) is 5.69 Å². The fourth-order valence-corrected chi connectivity index (χ4v) is 2.71. The zero-order valence-corrected chi connectivity index (χ0v) is 12.5. The molecule has 3 aromatic rings. The van der Waals surface area contributed by atoms with Crippen molar-refractivity contribution in [2.75, 3.05) is 11.9 Å². The third-order valence-corrected chi connectivity index (χ3v) is 3.63. The molecule has 0 atom stereocenters. The maximum absolute atomic E-state index is 12.4. The van der Waals surface area contributed by atoms with Gasteiger partial charge in [-0.2, -0.15) is 9.61 Å². The van der Waals surface area contributed by atoms with E-state index in [0.29, 0.717) is 28.6 Å². The maximum Gasteiger partial charge on any atom is 0.276 e. The second-order valence-electron chi connectivity index (χ2n) is 4.39. The molecule has 0 bridgehead atoms. The number of hydrogen-bond donors (Lipinski definition) is 1. The predicted molar refractivity (Wildman–Crippen MR) is 81.2 cm³/mol. The van der Waals surface area contributed by atoms with Gasteiger partial charge >= 0.3 is 0 Å². The van der Waals surface area contributed by atoms with Gasteiger partial charge < -0.3 is 10.1 Å². The Hall–Kier alpha value is -2.41. The van der Waals surface area contributed by atoms with Crippen LogP contribution in [-0.4, -0.2) is 27.1 Å². The Morgan fingerprint density at radius 1 is 1.38 bits per heavy atom. The number of hydrogen-bond acceptors (Lipinski definition) is 5. The summed E-state index contributed by atoms with van der Waals surface area (Å²) >= 11 is 1.40. The smallest absolute Gasteiger partial charge is 0.276 e. The summed E-state index contributed by atoms with van der Waals surface area (Å²) in [6, 6.07) is 7.25. The number of amides is 1. The van der Waals surface area contributed by atoms with Crippen LogP contribution in [0.5, 0.6) is 5.75 Å². The molecule has 1 aromatic carbocycles. The van der Waals surface area contributed by atoms with Crippen molar-refractivity contribution in [2.45, 2.75) is 13.8 Å². The van der Waals surface area contributed by atoms with Crippen molar-refractivity contribution in [1.29, 1.82) is 0 Å². The number of imidazole rings is 1. The number of carbonyl (C=O) groups is 1. The van der Waals surface area contributed by atoms with E-state index in [9.17, 15) is 4.79 Å². The minimum Gasteiger partial charge on any atom is -0.494 e. The molecule has 108 valence electrons. The number of nitrogens with zero attached hydrogens (tertiary/aromatic N) is 3. The lowest BCUT2D eigenvalue weighted by Crippen LogP contribution is -2.15. The van der Waals surface area contributed by atoms with Crippen molar-refractivity contribution in [3.05, 3.63) is 41.2 Å². The lowest BCUT2D eigenvalue weighted by Gasteiger charge is -2.06. The molecule has 21 heavy (non-hydrogen) atoms. The number of anilines is 1. The summed E-state index contributed by atoms with van der Waals surface area (Å²) in [5.74, 6) is 0.549. The van der Waals surface area contributed by atoms with Gasteiger partial charge in [-0.3, -0.25) is 4.79 Å². The number of nitrogens with one attached hydrogen (secondary N) is 1. The van der Waals surface area contributed by atoms with Crippen molar-refractivity contribution in [3.63, 3.8) is 0 Å². The lowest BCUT2D eigenvalue weighted by atomic mass is 10.2. The van der Waals surface area contributed by atoms with Crippen LogP contribution in [0, 0.1) is 6.92 Å². The Balaban J connectivity index is 1.82. The Bertz CT molecular complexity index is 776. The van der Waals surface area contributed by atoms with E-state index in [2.05, 4.69) is 15.4 Å². The Kier molecular flexibility index (Phi) is 3.57. The average Bonchev–Trinajstić information content (AvgIpc) is 3.00. The highest BCUT2D eigenvalue weighted by Crippen LogP contribution is 2.19. The summed E-state index contributed by atoms with van der Waals surface area (Å²) in [7, 11) is 0. The van der Waals surface area contributed by atoms with Crippen LogP contribution in [0.2, 0.25) is 0 Å². The van der Waals surface area contributed by atoms with Crippen LogP contribution in [0.4, 0.5) is 5.69 Å². The zero-order chi connectivity index (χ0) is 14.8. The molecule has 0 saturated heterocycles. The van der Waals surface area contributed by atoms with Crippen LogP contribution in [-0.2, 0) is 0 Å². The number of aryl methyl sites for hydroxylation is 1. The van der Waals surface area contributed by atoms with Gasteiger partial charge in [0.1, 0.15) is 11.3 Å². The number of rotatable bonds is 4. The van der Waals surface area contributed by atoms with Crippen molar-refractivity contribution >= 4 is 27.9 Å². The summed E-state index contributed by atoms with van der Waals surface area (Å²) in [5.41, 5.74) is 3.49. The van der Waals surface area contributed by atoms with Crippen LogP contribution >= 0.6 is 11.3 Å². The standard InChI is InChI=1S/C14H14N4O2S/c1-3-20-11-6-4-10(5-7-11)17-13(19)12-9(2)16-14-18(12)15-8-21-14/h4-8H,3H2,1-2H3,(H,17,19). The van der Waals surface area contributed by atoms with Gasteiger partial charge in [-0.25, -0.2) is 4.98 Å². The highest BCUT2D eigenvalue weighted by Gasteiger charge is 2.18. The number of ether oxygens (including phenoxy) is 1.